The molecule has 2 aromatic heterocycles. The van der Waals surface area contributed by atoms with Crippen LogP contribution in [0.3, 0.4) is 0 Å². The quantitative estimate of drug-likeness (QED) is 0.703. The van der Waals surface area contributed by atoms with Crippen LogP contribution in [-0.2, 0) is 13.0 Å². The van der Waals surface area contributed by atoms with E-state index in [9.17, 15) is 14.7 Å². The Labute approximate surface area is 169 Å². The average Bonchev–Trinajstić information content (AvgIpc) is 3.44. The fourth-order valence-electron chi connectivity index (χ4n) is 4.16. The summed E-state index contributed by atoms with van der Waals surface area (Å²) >= 11 is 1.71. The van der Waals surface area contributed by atoms with Gasteiger partial charge in [-0.1, -0.05) is 0 Å². The van der Waals surface area contributed by atoms with Crippen LogP contribution in [0, 0.1) is 5.82 Å². The van der Waals surface area contributed by atoms with Crippen LogP contribution in [0.25, 0.3) is 10.9 Å². The van der Waals surface area contributed by atoms with E-state index < -0.39 is 17.2 Å². The molecule has 0 amide bonds. The van der Waals surface area contributed by atoms with Crippen LogP contribution in [-0.4, -0.2) is 29.3 Å². The Kier molecular flexibility index (Phi) is 4.13. The molecule has 3 aromatic rings. The molecular weight excluding hydrogens is 395 g/mol. The molecule has 5 rings (SSSR count). The molecule has 3 heterocycles. The Morgan fingerprint density at radius 2 is 2.17 bits per heavy atom. The second-order valence-electron chi connectivity index (χ2n) is 7.49. The van der Waals surface area contributed by atoms with Crippen LogP contribution in [0.5, 0.6) is 5.75 Å². The number of carboxylic acids is 1. The summed E-state index contributed by atoms with van der Waals surface area (Å²) < 4.78 is 22.7. The lowest BCUT2D eigenvalue weighted by Gasteiger charge is -2.31. The molecule has 0 spiro atoms. The number of pyridine rings is 1. The number of ether oxygens (including phenoxy) is 1. The number of nitrogens with zero attached hydrogens (tertiary/aromatic N) is 2. The normalized spacial score (nSPS) is 16.1. The highest BCUT2D eigenvalue weighted by Crippen LogP contribution is 2.44. The number of thiophene rings is 1. The zero-order chi connectivity index (χ0) is 20.3. The molecule has 0 unspecified atom stereocenters. The molecule has 1 aromatic carbocycles. The molecule has 150 valence electrons. The minimum absolute atomic E-state index is 0.0446. The SMILES string of the molecule is COc1c(N2CCc3sccc3C2)c(F)cc2c(=O)c(C(=O)O)cn(C3CC3)c12. The number of carboxylic acid groups (broad SMARTS) is 1. The Morgan fingerprint density at radius 3 is 2.86 bits per heavy atom. The Hall–Kier alpha value is -2.87. The van der Waals surface area contributed by atoms with Crippen molar-refractivity contribution >= 4 is 33.9 Å². The third-order valence-electron chi connectivity index (χ3n) is 5.70. The average molecular weight is 414 g/mol. The summed E-state index contributed by atoms with van der Waals surface area (Å²) in [6, 6.07) is 3.31. The van der Waals surface area contributed by atoms with E-state index in [0.29, 0.717) is 30.0 Å². The molecular formula is C21H19FN2O4S. The van der Waals surface area contributed by atoms with Gasteiger partial charge in [-0.2, -0.15) is 0 Å². The van der Waals surface area contributed by atoms with Crippen molar-refractivity contribution in [3.8, 4) is 5.75 Å². The van der Waals surface area contributed by atoms with E-state index in [1.54, 1.807) is 15.9 Å². The number of methoxy groups -OCH3 is 1. The van der Waals surface area contributed by atoms with Crippen molar-refractivity contribution in [1.29, 1.82) is 0 Å². The van der Waals surface area contributed by atoms with Crippen molar-refractivity contribution in [3.63, 3.8) is 0 Å². The smallest absolute Gasteiger partial charge is 0.341 e. The predicted molar refractivity (Wildman–Crippen MR) is 109 cm³/mol. The van der Waals surface area contributed by atoms with Crippen molar-refractivity contribution in [1.82, 2.24) is 4.57 Å². The molecule has 0 bridgehead atoms. The minimum Gasteiger partial charge on any atom is -0.492 e. The number of aromatic carboxylic acids is 1. The molecule has 0 saturated heterocycles. The second-order valence-corrected chi connectivity index (χ2v) is 8.49. The number of hydrogen-bond donors (Lipinski definition) is 1. The highest BCUT2D eigenvalue weighted by Gasteiger charge is 2.32. The second kappa shape index (κ2) is 6.59. The monoisotopic (exact) mass is 414 g/mol. The first-order chi connectivity index (χ1) is 14.0. The maximum Gasteiger partial charge on any atom is 0.341 e. The molecule has 1 saturated carbocycles. The van der Waals surface area contributed by atoms with Crippen LogP contribution in [0.4, 0.5) is 10.1 Å². The molecule has 1 aliphatic heterocycles. The molecule has 1 aliphatic carbocycles. The maximum atomic E-state index is 15.3. The summed E-state index contributed by atoms with van der Waals surface area (Å²) in [6.45, 7) is 1.21. The van der Waals surface area contributed by atoms with Gasteiger partial charge in [0, 0.05) is 30.2 Å². The molecule has 0 radical (unpaired) electrons. The van der Waals surface area contributed by atoms with E-state index in [0.717, 1.165) is 19.3 Å². The van der Waals surface area contributed by atoms with Gasteiger partial charge < -0.3 is 19.3 Å². The lowest BCUT2D eigenvalue weighted by molar-refractivity contribution is 0.0695. The van der Waals surface area contributed by atoms with Crippen LogP contribution in [0.2, 0.25) is 0 Å². The van der Waals surface area contributed by atoms with Gasteiger partial charge in [-0.3, -0.25) is 4.79 Å². The van der Waals surface area contributed by atoms with E-state index in [4.69, 9.17) is 4.74 Å². The topological polar surface area (TPSA) is 71.8 Å². The largest absolute Gasteiger partial charge is 0.492 e. The highest BCUT2D eigenvalue weighted by molar-refractivity contribution is 7.10. The maximum absolute atomic E-state index is 15.3. The number of fused-ring (bicyclic) bond motifs is 2. The summed E-state index contributed by atoms with van der Waals surface area (Å²) in [5.41, 5.74) is 0.932. The van der Waals surface area contributed by atoms with Gasteiger partial charge in [0.2, 0.25) is 5.43 Å². The zero-order valence-electron chi connectivity index (χ0n) is 15.8. The zero-order valence-corrected chi connectivity index (χ0v) is 16.6. The molecule has 29 heavy (non-hydrogen) atoms. The summed E-state index contributed by atoms with van der Waals surface area (Å²) in [7, 11) is 1.46. The first-order valence-electron chi connectivity index (χ1n) is 9.48. The van der Waals surface area contributed by atoms with Crippen LogP contribution < -0.4 is 15.1 Å². The van der Waals surface area contributed by atoms with Crippen LogP contribution in [0.15, 0.2) is 28.5 Å². The lowest BCUT2D eigenvalue weighted by atomic mass is 10.0. The summed E-state index contributed by atoms with van der Waals surface area (Å²) in [5.74, 6) is -1.59. The number of carbonyl (C=O) groups is 1. The van der Waals surface area contributed by atoms with Crippen LogP contribution in [0.1, 0.15) is 39.7 Å². The molecule has 1 fully saturated rings. The van der Waals surface area contributed by atoms with E-state index in [-0.39, 0.29) is 17.0 Å². The van der Waals surface area contributed by atoms with Gasteiger partial charge in [0.15, 0.2) is 11.6 Å². The number of anilines is 1. The molecule has 0 atom stereocenters. The van der Waals surface area contributed by atoms with E-state index in [2.05, 4.69) is 6.07 Å². The third-order valence-corrected chi connectivity index (χ3v) is 6.72. The van der Waals surface area contributed by atoms with Crippen molar-refractivity contribution in [3.05, 3.63) is 55.8 Å². The number of rotatable bonds is 4. The van der Waals surface area contributed by atoms with Gasteiger partial charge in [0.1, 0.15) is 11.3 Å². The van der Waals surface area contributed by atoms with E-state index >= 15 is 4.39 Å². The van der Waals surface area contributed by atoms with Gasteiger partial charge in [-0.05, 0) is 42.3 Å². The Bertz CT molecular complexity index is 1210. The van der Waals surface area contributed by atoms with Gasteiger partial charge in [0.05, 0.1) is 18.0 Å². The first kappa shape index (κ1) is 18.2. The Balaban J connectivity index is 1.77. The lowest BCUT2D eigenvalue weighted by Crippen LogP contribution is -2.31. The van der Waals surface area contributed by atoms with Crippen LogP contribution >= 0.6 is 11.3 Å². The highest BCUT2D eigenvalue weighted by atomic mass is 32.1. The minimum atomic E-state index is -1.31. The fraction of sp³-hybridized carbons (Fsp3) is 0.333. The predicted octanol–water partition coefficient (Wildman–Crippen LogP) is 3.81. The van der Waals surface area contributed by atoms with Gasteiger partial charge in [0.25, 0.3) is 0 Å². The molecule has 8 heteroatoms. The van der Waals surface area contributed by atoms with E-state index in [1.807, 2.05) is 10.3 Å². The molecule has 2 aliphatic rings. The first-order valence-corrected chi connectivity index (χ1v) is 10.4. The standard InChI is InChI=1S/C21H19FN2O4S/c1-28-20-17-13(19(25)14(21(26)27)10-24(17)12-2-3-12)8-15(22)18(20)23-6-4-16-11(9-23)5-7-29-16/h5,7-8,10,12H,2-4,6,9H2,1H3,(H,26,27). The number of halogens is 1. The number of hydrogen-bond acceptors (Lipinski definition) is 5. The van der Waals surface area contributed by atoms with Crippen molar-refractivity contribution in [2.75, 3.05) is 18.6 Å². The Morgan fingerprint density at radius 1 is 1.38 bits per heavy atom. The number of aromatic nitrogens is 1. The molecule has 1 N–H and O–H groups in total. The van der Waals surface area contributed by atoms with Gasteiger partial charge in [-0.15, -0.1) is 11.3 Å². The summed E-state index contributed by atoms with van der Waals surface area (Å²) in [4.78, 5) is 27.6. The fourth-order valence-corrected chi connectivity index (χ4v) is 5.05. The van der Waals surface area contributed by atoms with Crippen molar-refractivity contribution < 1.29 is 19.0 Å². The van der Waals surface area contributed by atoms with Crippen molar-refractivity contribution in [2.45, 2.75) is 31.8 Å². The van der Waals surface area contributed by atoms with Gasteiger partial charge in [-0.25, -0.2) is 9.18 Å². The van der Waals surface area contributed by atoms with Crippen molar-refractivity contribution in [2.24, 2.45) is 0 Å². The van der Waals surface area contributed by atoms with Gasteiger partial charge >= 0.3 is 5.97 Å². The summed E-state index contributed by atoms with van der Waals surface area (Å²) in [6.07, 6.45) is 3.97. The number of benzene rings is 1. The molecule has 6 nitrogen and oxygen atoms in total. The third kappa shape index (κ3) is 2.81. The van der Waals surface area contributed by atoms with E-state index in [1.165, 1.54) is 29.8 Å². The summed E-state index contributed by atoms with van der Waals surface area (Å²) in [5, 5.41) is 11.5.